The van der Waals surface area contributed by atoms with E-state index < -0.39 is 48.0 Å². The molecule has 0 saturated carbocycles. The highest BCUT2D eigenvalue weighted by Crippen LogP contribution is 2.49. The van der Waals surface area contributed by atoms with E-state index in [1.807, 2.05) is 0 Å². The number of allylic oxidation sites excluding steroid dienone is 1. The van der Waals surface area contributed by atoms with Crippen molar-refractivity contribution in [1.29, 1.82) is 0 Å². The monoisotopic (exact) mass is 456 g/mol. The van der Waals surface area contributed by atoms with Crippen molar-refractivity contribution in [1.82, 2.24) is 4.90 Å². The number of carbonyl (C=O) groups excluding carboxylic acids is 1. The molecule has 1 atom stereocenters. The third-order valence-electron chi connectivity index (χ3n) is 4.41. The molecular formula is C20H19F3N2O5S. The van der Waals surface area contributed by atoms with E-state index in [1.165, 1.54) is 37.3 Å². The highest BCUT2D eigenvalue weighted by Gasteiger charge is 2.50. The van der Waals surface area contributed by atoms with Crippen molar-refractivity contribution in [2.45, 2.75) is 38.6 Å². The van der Waals surface area contributed by atoms with Crippen molar-refractivity contribution >= 4 is 28.9 Å². The van der Waals surface area contributed by atoms with Crippen molar-refractivity contribution in [3.8, 4) is 5.75 Å². The minimum atomic E-state index is -4.94. The van der Waals surface area contributed by atoms with Crippen molar-refractivity contribution in [2.75, 3.05) is 7.11 Å². The van der Waals surface area contributed by atoms with E-state index in [1.54, 1.807) is 18.2 Å². The van der Waals surface area contributed by atoms with Gasteiger partial charge in [-0.15, -0.1) is 0 Å². The highest BCUT2D eigenvalue weighted by molar-refractivity contribution is 8.16. The van der Waals surface area contributed by atoms with Gasteiger partial charge in [0, 0.05) is 11.3 Å². The van der Waals surface area contributed by atoms with E-state index in [9.17, 15) is 27.9 Å². The van der Waals surface area contributed by atoms with Crippen molar-refractivity contribution in [3.63, 3.8) is 0 Å². The van der Waals surface area contributed by atoms with Gasteiger partial charge in [0.05, 0.1) is 31.2 Å². The summed E-state index contributed by atoms with van der Waals surface area (Å²) in [6, 6.07) is 4.94. The number of methoxy groups -OCH3 is 1. The number of aliphatic imine (C=N–C) groups is 1. The number of alkyl halides is 3. The van der Waals surface area contributed by atoms with E-state index in [-0.39, 0.29) is 22.2 Å². The number of benzene rings is 1. The molecule has 1 aromatic carbocycles. The lowest BCUT2D eigenvalue weighted by Gasteiger charge is -2.37. The Kier molecular flexibility index (Phi) is 6.35. The number of fused-ring (bicyclic) bond motifs is 1. The molecule has 11 heteroatoms. The number of hydrogen-bond acceptors (Lipinski definition) is 7. The Morgan fingerprint density at radius 2 is 1.97 bits per heavy atom. The molecule has 1 N–H and O–H groups in total. The molecule has 0 fully saturated rings. The molecule has 0 amide bonds. The minimum Gasteiger partial charge on any atom is -0.496 e. The molecule has 7 nitrogen and oxygen atoms in total. The van der Waals surface area contributed by atoms with E-state index >= 15 is 0 Å². The summed E-state index contributed by atoms with van der Waals surface area (Å²) in [4.78, 5) is 29.3. The van der Waals surface area contributed by atoms with Crippen molar-refractivity contribution in [3.05, 3.63) is 52.2 Å². The quantitative estimate of drug-likeness (QED) is 0.641. The van der Waals surface area contributed by atoms with Gasteiger partial charge < -0.3 is 19.5 Å². The zero-order valence-corrected chi connectivity index (χ0v) is 17.6. The molecule has 0 spiro atoms. The molecule has 0 aromatic heterocycles. The first-order valence-corrected chi connectivity index (χ1v) is 10.0. The van der Waals surface area contributed by atoms with Crippen LogP contribution in [0.4, 0.5) is 13.2 Å². The molecule has 0 radical (unpaired) electrons. The number of amidine groups is 1. The van der Waals surface area contributed by atoms with Crippen LogP contribution < -0.4 is 4.74 Å². The number of aliphatic carboxylic acids is 1. The second-order valence-corrected chi connectivity index (χ2v) is 7.76. The van der Waals surface area contributed by atoms with E-state index in [0.29, 0.717) is 0 Å². The van der Waals surface area contributed by atoms with Gasteiger partial charge in [0.25, 0.3) is 0 Å². The van der Waals surface area contributed by atoms with Gasteiger partial charge in [-0.1, -0.05) is 30.0 Å². The third kappa shape index (κ3) is 4.55. The van der Waals surface area contributed by atoms with Crippen LogP contribution in [-0.4, -0.2) is 46.5 Å². The summed E-state index contributed by atoms with van der Waals surface area (Å²) in [6.45, 7) is 3.03. The smallest absolute Gasteiger partial charge is 0.434 e. The van der Waals surface area contributed by atoms with Crippen LogP contribution in [0.2, 0.25) is 0 Å². The largest absolute Gasteiger partial charge is 0.496 e. The average Bonchev–Trinajstić information content (AvgIpc) is 3.07. The van der Waals surface area contributed by atoms with Gasteiger partial charge >= 0.3 is 18.1 Å². The Balaban J connectivity index is 2.29. The molecule has 1 aromatic rings. The molecule has 1 unspecified atom stereocenters. The number of carboxylic acid groups (broad SMARTS) is 1. The Morgan fingerprint density at radius 1 is 1.29 bits per heavy atom. The second-order valence-electron chi connectivity index (χ2n) is 6.92. The van der Waals surface area contributed by atoms with Crippen LogP contribution in [0.5, 0.6) is 5.75 Å². The molecule has 3 rings (SSSR count). The zero-order chi connectivity index (χ0) is 22.9. The number of carbonyl (C=O) groups is 2. The fourth-order valence-corrected chi connectivity index (χ4v) is 4.22. The predicted molar refractivity (Wildman–Crippen MR) is 107 cm³/mol. The standard InChI is InChI=1S/C20H19F3N2O5S/c1-10(2)30-18(28)15-16(12-6-4-5-7-13(12)29-3)25-11(8-14(26)27)9-31-19(25)24-17(15)20(21,22)23/h4-7,9-10,16H,8H2,1-3H3,(H,26,27). The third-order valence-corrected chi connectivity index (χ3v) is 5.30. The molecule has 2 heterocycles. The number of halogens is 3. The molecule has 2 aliphatic heterocycles. The van der Waals surface area contributed by atoms with Crippen LogP contribution in [0, 0.1) is 0 Å². The number of nitrogens with zero attached hydrogens (tertiary/aromatic N) is 2. The van der Waals surface area contributed by atoms with Gasteiger partial charge in [0.15, 0.2) is 10.9 Å². The Hall–Kier alpha value is -2.95. The lowest BCUT2D eigenvalue weighted by molar-refractivity contribution is -0.145. The minimum absolute atomic E-state index is 0.0828. The summed E-state index contributed by atoms with van der Waals surface area (Å²) in [5.41, 5.74) is -1.66. The Labute approximate surface area is 180 Å². The van der Waals surface area contributed by atoms with Crippen LogP contribution in [0.3, 0.4) is 0 Å². The zero-order valence-electron chi connectivity index (χ0n) is 16.8. The van der Waals surface area contributed by atoms with Gasteiger partial charge in [0.1, 0.15) is 5.75 Å². The predicted octanol–water partition coefficient (Wildman–Crippen LogP) is 4.24. The molecule has 31 heavy (non-hydrogen) atoms. The SMILES string of the molecule is COc1ccccc1C1C(C(=O)OC(C)C)=C(C(F)(F)F)N=C2SC=C(CC(=O)O)N21. The van der Waals surface area contributed by atoms with Crippen LogP contribution in [0.1, 0.15) is 31.9 Å². The number of hydrogen-bond donors (Lipinski definition) is 1. The normalized spacial score (nSPS) is 18.5. The number of esters is 1. The number of ether oxygens (including phenoxy) is 2. The number of thioether (sulfide) groups is 1. The summed E-state index contributed by atoms with van der Waals surface area (Å²) in [5.74, 6) is -2.13. The van der Waals surface area contributed by atoms with Crippen LogP contribution >= 0.6 is 11.8 Å². The summed E-state index contributed by atoms with van der Waals surface area (Å²) >= 11 is 0.859. The maximum absolute atomic E-state index is 14.0. The molecule has 0 aliphatic carbocycles. The first-order valence-electron chi connectivity index (χ1n) is 9.15. The highest BCUT2D eigenvalue weighted by atomic mass is 32.2. The molecule has 166 valence electrons. The van der Waals surface area contributed by atoms with Gasteiger partial charge in [-0.2, -0.15) is 13.2 Å². The lowest BCUT2D eigenvalue weighted by Crippen LogP contribution is -2.40. The summed E-state index contributed by atoms with van der Waals surface area (Å²) < 4.78 is 52.4. The summed E-state index contributed by atoms with van der Waals surface area (Å²) in [7, 11) is 1.35. The van der Waals surface area contributed by atoms with E-state index in [4.69, 9.17) is 9.47 Å². The van der Waals surface area contributed by atoms with Crippen molar-refractivity contribution < 1.29 is 37.3 Å². The van der Waals surface area contributed by atoms with Gasteiger partial charge in [-0.3, -0.25) is 4.79 Å². The Morgan fingerprint density at radius 3 is 2.55 bits per heavy atom. The lowest BCUT2D eigenvalue weighted by atomic mass is 9.92. The molecule has 0 saturated heterocycles. The first-order chi connectivity index (χ1) is 14.5. The molecule has 0 bridgehead atoms. The van der Waals surface area contributed by atoms with Gasteiger partial charge in [-0.05, 0) is 25.3 Å². The topological polar surface area (TPSA) is 88.4 Å². The number of carboxylic acids is 1. The second kappa shape index (κ2) is 8.66. The number of para-hydroxylation sites is 1. The number of rotatable bonds is 6. The van der Waals surface area contributed by atoms with E-state index in [0.717, 1.165) is 11.8 Å². The van der Waals surface area contributed by atoms with Crippen molar-refractivity contribution in [2.24, 2.45) is 4.99 Å². The summed E-state index contributed by atoms with van der Waals surface area (Å²) in [5, 5.41) is 10.6. The molecular weight excluding hydrogens is 437 g/mol. The fraction of sp³-hybridized carbons (Fsp3) is 0.350. The van der Waals surface area contributed by atoms with E-state index in [2.05, 4.69) is 4.99 Å². The van der Waals surface area contributed by atoms with Gasteiger partial charge in [0.2, 0.25) is 0 Å². The van der Waals surface area contributed by atoms with Crippen LogP contribution in [-0.2, 0) is 14.3 Å². The van der Waals surface area contributed by atoms with Crippen LogP contribution in [0.15, 0.2) is 51.6 Å². The molecule has 2 aliphatic rings. The fourth-order valence-electron chi connectivity index (χ4n) is 3.30. The Bertz CT molecular complexity index is 1000. The summed E-state index contributed by atoms with van der Waals surface area (Å²) in [6.07, 6.45) is -6.09. The maximum atomic E-state index is 14.0. The average molecular weight is 456 g/mol. The maximum Gasteiger partial charge on any atom is 0.434 e. The first kappa shape index (κ1) is 22.7. The van der Waals surface area contributed by atoms with Crippen LogP contribution in [0.25, 0.3) is 0 Å². The van der Waals surface area contributed by atoms with Gasteiger partial charge in [-0.25, -0.2) is 9.79 Å².